The molecule has 4 nitrogen and oxygen atoms in total. The molecule has 0 unspecified atom stereocenters. The topological polar surface area (TPSA) is 49.2 Å². The second-order valence-electron chi connectivity index (χ2n) is 4.97. The first-order valence-electron chi connectivity index (χ1n) is 7.03. The van der Waals surface area contributed by atoms with Gasteiger partial charge in [0.05, 0.1) is 6.61 Å². The average molecular weight is 249 g/mol. The standard InChI is InChI=1S/C14H23N3O/c1-2-5-12-10-14(16-11-15-12)17(8-9-18)13-6-3-4-7-13/h10-11,13,18H,2-9H2,1H3. The van der Waals surface area contributed by atoms with Gasteiger partial charge in [-0.2, -0.15) is 0 Å². The number of aliphatic hydroxyl groups excluding tert-OH is 1. The minimum absolute atomic E-state index is 0.184. The summed E-state index contributed by atoms with van der Waals surface area (Å²) < 4.78 is 0. The highest BCUT2D eigenvalue weighted by Crippen LogP contribution is 2.27. The molecule has 1 fully saturated rings. The fraction of sp³-hybridized carbons (Fsp3) is 0.714. The van der Waals surface area contributed by atoms with Gasteiger partial charge in [0.25, 0.3) is 0 Å². The van der Waals surface area contributed by atoms with Crippen molar-refractivity contribution < 1.29 is 5.11 Å². The molecular formula is C14H23N3O. The van der Waals surface area contributed by atoms with Crippen molar-refractivity contribution in [2.75, 3.05) is 18.1 Å². The third-order valence-corrected chi connectivity index (χ3v) is 3.62. The molecule has 18 heavy (non-hydrogen) atoms. The van der Waals surface area contributed by atoms with E-state index in [1.165, 1.54) is 25.7 Å². The van der Waals surface area contributed by atoms with Crippen LogP contribution in [0.4, 0.5) is 5.82 Å². The number of rotatable bonds is 6. The minimum atomic E-state index is 0.184. The maximum Gasteiger partial charge on any atom is 0.132 e. The maximum absolute atomic E-state index is 9.25. The lowest BCUT2D eigenvalue weighted by atomic mass is 10.2. The van der Waals surface area contributed by atoms with Crippen molar-refractivity contribution in [3.8, 4) is 0 Å². The molecule has 1 aliphatic carbocycles. The molecule has 0 saturated heterocycles. The van der Waals surface area contributed by atoms with E-state index < -0.39 is 0 Å². The molecule has 0 amide bonds. The van der Waals surface area contributed by atoms with E-state index in [1.807, 2.05) is 0 Å². The van der Waals surface area contributed by atoms with Crippen LogP contribution < -0.4 is 4.90 Å². The van der Waals surface area contributed by atoms with Crippen LogP contribution in [0.15, 0.2) is 12.4 Å². The van der Waals surface area contributed by atoms with E-state index in [4.69, 9.17) is 0 Å². The molecule has 0 atom stereocenters. The van der Waals surface area contributed by atoms with Crippen LogP contribution in [0.1, 0.15) is 44.7 Å². The van der Waals surface area contributed by atoms with Crippen molar-refractivity contribution in [2.24, 2.45) is 0 Å². The molecule has 0 spiro atoms. The largest absolute Gasteiger partial charge is 0.395 e. The van der Waals surface area contributed by atoms with Gasteiger partial charge >= 0.3 is 0 Å². The lowest BCUT2D eigenvalue weighted by Gasteiger charge is -2.29. The summed E-state index contributed by atoms with van der Waals surface area (Å²) in [6.07, 6.45) is 8.76. The average Bonchev–Trinajstić information content (AvgIpc) is 2.90. The monoisotopic (exact) mass is 249 g/mol. The maximum atomic E-state index is 9.25. The zero-order valence-electron chi connectivity index (χ0n) is 11.2. The Morgan fingerprint density at radius 2 is 2.11 bits per heavy atom. The Bertz CT molecular complexity index is 364. The van der Waals surface area contributed by atoms with Gasteiger partial charge in [0.15, 0.2) is 0 Å². The molecule has 0 bridgehead atoms. The van der Waals surface area contributed by atoms with Gasteiger partial charge in [-0.05, 0) is 19.3 Å². The third-order valence-electron chi connectivity index (χ3n) is 3.62. The molecule has 2 rings (SSSR count). The van der Waals surface area contributed by atoms with E-state index in [9.17, 15) is 5.11 Å². The van der Waals surface area contributed by atoms with Gasteiger partial charge < -0.3 is 10.0 Å². The zero-order valence-corrected chi connectivity index (χ0v) is 11.2. The highest BCUT2D eigenvalue weighted by molar-refractivity contribution is 5.40. The lowest BCUT2D eigenvalue weighted by molar-refractivity contribution is 0.297. The van der Waals surface area contributed by atoms with Crippen molar-refractivity contribution in [3.05, 3.63) is 18.1 Å². The number of aromatic nitrogens is 2. The van der Waals surface area contributed by atoms with Crippen LogP contribution in [-0.2, 0) is 6.42 Å². The first-order chi connectivity index (χ1) is 8.85. The Labute approximate surface area is 109 Å². The molecule has 1 saturated carbocycles. The number of hydrogen-bond acceptors (Lipinski definition) is 4. The predicted molar refractivity (Wildman–Crippen MR) is 72.7 cm³/mol. The van der Waals surface area contributed by atoms with Crippen molar-refractivity contribution in [3.63, 3.8) is 0 Å². The molecule has 1 heterocycles. The van der Waals surface area contributed by atoms with E-state index >= 15 is 0 Å². The van der Waals surface area contributed by atoms with Crippen LogP contribution in [0.2, 0.25) is 0 Å². The first kappa shape index (κ1) is 13.3. The SMILES string of the molecule is CCCc1cc(N(CCO)C2CCCC2)ncn1. The highest BCUT2D eigenvalue weighted by Gasteiger charge is 2.23. The first-order valence-corrected chi connectivity index (χ1v) is 7.03. The van der Waals surface area contributed by atoms with E-state index in [2.05, 4.69) is 27.9 Å². The molecule has 0 radical (unpaired) electrons. The number of aryl methyl sites for hydroxylation is 1. The fourth-order valence-corrected chi connectivity index (χ4v) is 2.74. The second-order valence-corrected chi connectivity index (χ2v) is 4.97. The van der Waals surface area contributed by atoms with Gasteiger partial charge in [-0.15, -0.1) is 0 Å². The quantitative estimate of drug-likeness (QED) is 0.839. The van der Waals surface area contributed by atoms with Gasteiger partial charge in [-0.3, -0.25) is 0 Å². The summed E-state index contributed by atoms with van der Waals surface area (Å²) in [5.41, 5.74) is 1.10. The van der Waals surface area contributed by atoms with Crippen molar-refractivity contribution in [1.82, 2.24) is 9.97 Å². The van der Waals surface area contributed by atoms with Crippen LogP contribution in [0.25, 0.3) is 0 Å². The fourth-order valence-electron chi connectivity index (χ4n) is 2.74. The van der Waals surface area contributed by atoms with E-state index in [1.54, 1.807) is 6.33 Å². The molecule has 1 aliphatic rings. The van der Waals surface area contributed by atoms with Crippen LogP contribution >= 0.6 is 0 Å². The number of nitrogens with zero attached hydrogens (tertiary/aromatic N) is 3. The minimum Gasteiger partial charge on any atom is -0.395 e. The summed E-state index contributed by atoms with van der Waals surface area (Å²) in [4.78, 5) is 10.9. The second kappa shape index (κ2) is 6.69. The summed E-state index contributed by atoms with van der Waals surface area (Å²) in [6, 6.07) is 2.62. The van der Waals surface area contributed by atoms with Crippen molar-refractivity contribution in [2.45, 2.75) is 51.5 Å². The molecule has 100 valence electrons. The van der Waals surface area contributed by atoms with Gasteiger partial charge in [0.1, 0.15) is 12.1 Å². The van der Waals surface area contributed by atoms with Crippen molar-refractivity contribution >= 4 is 5.82 Å². The molecule has 0 aliphatic heterocycles. The number of anilines is 1. The van der Waals surface area contributed by atoms with E-state index in [0.29, 0.717) is 12.6 Å². The van der Waals surface area contributed by atoms with Gasteiger partial charge in [0, 0.05) is 24.3 Å². The highest BCUT2D eigenvalue weighted by atomic mass is 16.3. The van der Waals surface area contributed by atoms with Crippen LogP contribution in [0.3, 0.4) is 0 Å². The predicted octanol–water partition coefficient (Wildman–Crippen LogP) is 2.17. The summed E-state index contributed by atoms with van der Waals surface area (Å²) in [5.74, 6) is 0.981. The van der Waals surface area contributed by atoms with E-state index in [-0.39, 0.29) is 6.61 Å². The molecule has 1 aromatic rings. The zero-order chi connectivity index (χ0) is 12.8. The van der Waals surface area contributed by atoms with Gasteiger partial charge in [-0.25, -0.2) is 9.97 Å². The van der Waals surface area contributed by atoms with Crippen molar-refractivity contribution in [1.29, 1.82) is 0 Å². The lowest BCUT2D eigenvalue weighted by Crippen LogP contribution is -2.36. The Morgan fingerprint density at radius 1 is 1.33 bits per heavy atom. The smallest absolute Gasteiger partial charge is 0.132 e. The Morgan fingerprint density at radius 3 is 2.78 bits per heavy atom. The molecular weight excluding hydrogens is 226 g/mol. The van der Waals surface area contributed by atoms with Crippen LogP contribution in [0, 0.1) is 0 Å². The molecule has 4 heteroatoms. The number of hydrogen-bond donors (Lipinski definition) is 1. The summed E-state index contributed by atoms with van der Waals surface area (Å²) in [7, 11) is 0. The normalized spacial score (nSPS) is 16.1. The molecule has 0 aromatic carbocycles. The summed E-state index contributed by atoms with van der Waals surface area (Å²) >= 11 is 0. The van der Waals surface area contributed by atoms with Crippen LogP contribution in [-0.4, -0.2) is 34.3 Å². The third kappa shape index (κ3) is 3.19. The van der Waals surface area contributed by atoms with Gasteiger partial charge in [0.2, 0.25) is 0 Å². The summed E-state index contributed by atoms with van der Waals surface area (Å²) in [6.45, 7) is 3.01. The molecule has 1 N–H and O–H groups in total. The van der Waals surface area contributed by atoms with Crippen LogP contribution in [0.5, 0.6) is 0 Å². The van der Waals surface area contributed by atoms with E-state index in [0.717, 1.165) is 24.4 Å². The Kier molecular flexibility index (Phi) is 4.93. The number of aliphatic hydroxyl groups is 1. The Hall–Kier alpha value is -1.16. The Balaban J connectivity index is 2.15. The summed E-state index contributed by atoms with van der Waals surface area (Å²) in [5, 5.41) is 9.25. The van der Waals surface area contributed by atoms with Gasteiger partial charge in [-0.1, -0.05) is 26.2 Å². The molecule has 1 aromatic heterocycles.